The molecule has 0 aliphatic carbocycles. The van der Waals surface area contributed by atoms with Crippen molar-refractivity contribution in [2.24, 2.45) is 0 Å². The normalized spacial score (nSPS) is 21.3. The van der Waals surface area contributed by atoms with Crippen LogP contribution in [0.2, 0.25) is 0 Å². The minimum Gasteiger partial charge on any atom is -0.343 e. The summed E-state index contributed by atoms with van der Waals surface area (Å²) in [6.45, 7) is 4.10. The number of nitrogens with zero attached hydrogens (tertiary/aromatic N) is 3. The Morgan fingerprint density at radius 3 is 2.85 bits per heavy atom. The summed E-state index contributed by atoms with van der Waals surface area (Å²) in [5.74, 6) is 0.149. The van der Waals surface area contributed by atoms with Gasteiger partial charge in [-0.25, -0.2) is 0 Å². The van der Waals surface area contributed by atoms with E-state index in [2.05, 4.69) is 11.0 Å². The number of hydrogen-bond acceptors (Lipinski definition) is 3. The van der Waals surface area contributed by atoms with Crippen molar-refractivity contribution < 1.29 is 4.79 Å². The zero-order valence-corrected chi connectivity index (χ0v) is 8.16. The number of likely N-dealkylation sites (N-methyl/N-ethyl adjacent to an activating group) is 1. The second-order valence-electron chi connectivity index (χ2n) is 3.50. The summed E-state index contributed by atoms with van der Waals surface area (Å²) in [4.78, 5) is 15.1. The molecule has 0 radical (unpaired) electrons. The number of amides is 1. The van der Waals surface area contributed by atoms with Gasteiger partial charge < -0.3 is 4.90 Å². The standard InChI is InChI=1S/C9H15N3O/c1-8(3-4-10)12-6-5-11(2)9(13)7-12/h8H,3,5-7H2,1-2H3. The summed E-state index contributed by atoms with van der Waals surface area (Å²) in [7, 11) is 1.81. The highest BCUT2D eigenvalue weighted by molar-refractivity contribution is 5.78. The van der Waals surface area contributed by atoms with Gasteiger partial charge in [0.2, 0.25) is 5.91 Å². The van der Waals surface area contributed by atoms with Crippen LogP contribution in [0, 0.1) is 11.3 Å². The summed E-state index contributed by atoms with van der Waals surface area (Å²) in [6.07, 6.45) is 0.497. The Kier molecular flexibility index (Phi) is 3.26. The molecule has 4 nitrogen and oxygen atoms in total. The summed E-state index contributed by atoms with van der Waals surface area (Å²) in [5.41, 5.74) is 0. The second kappa shape index (κ2) is 4.24. The highest BCUT2D eigenvalue weighted by Gasteiger charge is 2.24. The van der Waals surface area contributed by atoms with Crippen molar-refractivity contribution in [3.8, 4) is 6.07 Å². The SMILES string of the molecule is CC(CC#N)N1CCN(C)C(=O)C1. The van der Waals surface area contributed by atoms with Gasteiger partial charge in [0.1, 0.15) is 0 Å². The fourth-order valence-corrected chi connectivity index (χ4v) is 1.41. The van der Waals surface area contributed by atoms with E-state index in [9.17, 15) is 4.79 Å². The Bertz CT molecular complexity index is 234. The summed E-state index contributed by atoms with van der Waals surface area (Å²) in [5, 5.41) is 8.51. The molecule has 1 fully saturated rings. The van der Waals surface area contributed by atoms with Gasteiger partial charge in [0.05, 0.1) is 19.0 Å². The first-order chi connectivity index (χ1) is 6.15. The number of piperazine rings is 1. The molecule has 0 N–H and O–H groups in total. The van der Waals surface area contributed by atoms with Crippen molar-refractivity contribution in [2.75, 3.05) is 26.7 Å². The molecule has 13 heavy (non-hydrogen) atoms. The highest BCUT2D eigenvalue weighted by atomic mass is 16.2. The lowest BCUT2D eigenvalue weighted by atomic mass is 10.2. The predicted octanol–water partition coefficient (Wildman–Crippen LogP) is 0.0626. The largest absolute Gasteiger partial charge is 0.343 e. The third-order valence-corrected chi connectivity index (χ3v) is 2.50. The number of carbonyl (C=O) groups excluding carboxylic acids is 1. The number of rotatable bonds is 2. The smallest absolute Gasteiger partial charge is 0.236 e. The maximum Gasteiger partial charge on any atom is 0.236 e. The average molecular weight is 181 g/mol. The zero-order chi connectivity index (χ0) is 9.84. The molecule has 1 aliphatic heterocycles. The van der Waals surface area contributed by atoms with Gasteiger partial charge in [-0.05, 0) is 6.92 Å². The Morgan fingerprint density at radius 1 is 1.62 bits per heavy atom. The van der Waals surface area contributed by atoms with Gasteiger partial charge in [0.25, 0.3) is 0 Å². The predicted molar refractivity (Wildman–Crippen MR) is 48.9 cm³/mol. The molecule has 1 amide bonds. The van der Waals surface area contributed by atoms with Crippen LogP contribution >= 0.6 is 0 Å². The maximum absolute atomic E-state index is 11.3. The van der Waals surface area contributed by atoms with Crippen molar-refractivity contribution in [3.63, 3.8) is 0 Å². The molecule has 0 spiro atoms. The first-order valence-electron chi connectivity index (χ1n) is 4.50. The lowest BCUT2D eigenvalue weighted by Crippen LogP contribution is -2.51. The van der Waals surface area contributed by atoms with Crippen LogP contribution in [0.1, 0.15) is 13.3 Å². The topological polar surface area (TPSA) is 47.3 Å². The molecule has 0 saturated carbocycles. The van der Waals surface area contributed by atoms with Gasteiger partial charge in [0.15, 0.2) is 0 Å². The summed E-state index contributed by atoms with van der Waals surface area (Å²) in [6, 6.07) is 2.32. The number of nitriles is 1. The van der Waals surface area contributed by atoms with Crippen molar-refractivity contribution in [1.29, 1.82) is 5.26 Å². The molecule has 4 heteroatoms. The first-order valence-corrected chi connectivity index (χ1v) is 4.50. The highest BCUT2D eigenvalue weighted by Crippen LogP contribution is 2.07. The molecule has 0 bridgehead atoms. The lowest BCUT2D eigenvalue weighted by molar-refractivity contribution is -0.135. The molecule has 0 aromatic heterocycles. The first kappa shape index (κ1) is 10.0. The molecule has 72 valence electrons. The van der Waals surface area contributed by atoms with E-state index in [1.165, 1.54) is 0 Å². The minimum atomic E-state index is 0.149. The van der Waals surface area contributed by atoms with E-state index in [1.807, 2.05) is 14.0 Å². The van der Waals surface area contributed by atoms with E-state index in [0.29, 0.717) is 13.0 Å². The van der Waals surface area contributed by atoms with Gasteiger partial charge in [-0.15, -0.1) is 0 Å². The molecule has 0 aromatic carbocycles. The van der Waals surface area contributed by atoms with Crippen LogP contribution in [-0.2, 0) is 4.79 Å². The Hall–Kier alpha value is -1.08. The molecule has 1 atom stereocenters. The monoisotopic (exact) mass is 181 g/mol. The van der Waals surface area contributed by atoms with Crippen LogP contribution in [0.25, 0.3) is 0 Å². The van der Waals surface area contributed by atoms with E-state index in [-0.39, 0.29) is 11.9 Å². The maximum atomic E-state index is 11.3. The van der Waals surface area contributed by atoms with Gasteiger partial charge in [0, 0.05) is 26.2 Å². The number of carbonyl (C=O) groups is 1. The van der Waals surface area contributed by atoms with E-state index >= 15 is 0 Å². The summed E-state index contributed by atoms with van der Waals surface area (Å²) < 4.78 is 0. The Balaban J connectivity index is 2.46. The fourth-order valence-electron chi connectivity index (χ4n) is 1.41. The van der Waals surface area contributed by atoms with E-state index < -0.39 is 0 Å². The van der Waals surface area contributed by atoms with Crippen molar-refractivity contribution in [3.05, 3.63) is 0 Å². The third kappa shape index (κ3) is 2.43. The molecule has 1 heterocycles. The molecule has 1 unspecified atom stereocenters. The van der Waals surface area contributed by atoms with Crippen LogP contribution in [0.5, 0.6) is 0 Å². The molecular weight excluding hydrogens is 166 g/mol. The molecule has 0 aromatic rings. The fraction of sp³-hybridized carbons (Fsp3) is 0.778. The van der Waals surface area contributed by atoms with Gasteiger partial charge in [-0.3, -0.25) is 9.69 Å². The van der Waals surface area contributed by atoms with Crippen LogP contribution in [0.15, 0.2) is 0 Å². The van der Waals surface area contributed by atoms with Crippen molar-refractivity contribution >= 4 is 5.91 Å². The molecule has 1 rings (SSSR count). The Morgan fingerprint density at radius 2 is 2.31 bits per heavy atom. The quantitative estimate of drug-likeness (QED) is 0.605. The minimum absolute atomic E-state index is 0.149. The number of hydrogen-bond donors (Lipinski definition) is 0. The zero-order valence-electron chi connectivity index (χ0n) is 8.16. The average Bonchev–Trinajstić information content (AvgIpc) is 2.10. The van der Waals surface area contributed by atoms with Crippen LogP contribution < -0.4 is 0 Å². The molecule has 1 aliphatic rings. The van der Waals surface area contributed by atoms with Crippen LogP contribution in [-0.4, -0.2) is 48.4 Å². The van der Waals surface area contributed by atoms with Gasteiger partial charge in [-0.2, -0.15) is 5.26 Å². The van der Waals surface area contributed by atoms with E-state index in [0.717, 1.165) is 13.1 Å². The van der Waals surface area contributed by atoms with Gasteiger partial charge >= 0.3 is 0 Å². The van der Waals surface area contributed by atoms with Crippen LogP contribution in [0.4, 0.5) is 0 Å². The third-order valence-electron chi connectivity index (χ3n) is 2.50. The van der Waals surface area contributed by atoms with Crippen molar-refractivity contribution in [2.45, 2.75) is 19.4 Å². The molecular formula is C9H15N3O. The molecule has 1 saturated heterocycles. The van der Waals surface area contributed by atoms with E-state index in [4.69, 9.17) is 5.26 Å². The van der Waals surface area contributed by atoms with Crippen LogP contribution in [0.3, 0.4) is 0 Å². The lowest BCUT2D eigenvalue weighted by Gasteiger charge is -2.34. The van der Waals surface area contributed by atoms with Gasteiger partial charge in [-0.1, -0.05) is 0 Å². The second-order valence-corrected chi connectivity index (χ2v) is 3.50. The summed E-state index contributed by atoms with van der Waals surface area (Å²) >= 11 is 0. The Labute approximate surface area is 78.7 Å². The van der Waals surface area contributed by atoms with E-state index in [1.54, 1.807) is 4.90 Å². The van der Waals surface area contributed by atoms with Crippen molar-refractivity contribution in [1.82, 2.24) is 9.80 Å².